The molecule has 0 amide bonds. The first kappa shape index (κ1) is 34.1. The quantitative estimate of drug-likeness (QED) is 0.180. The zero-order valence-electron chi connectivity index (χ0n) is 32.5. The van der Waals surface area contributed by atoms with E-state index in [9.17, 15) is 0 Å². The lowest BCUT2D eigenvalue weighted by Crippen LogP contribution is -2.40. The Morgan fingerprint density at radius 1 is 0.393 bits per heavy atom. The molecule has 0 fully saturated rings. The van der Waals surface area contributed by atoms with Gasteiger partial charge in [-0.25, -0.2) is 0 Å². The van der Waals surface area contributed by atoms with Crippen molar-refractivity contribution in [1.82, 2.24) is 0 Å². The van der Waals surface area contributed by atoms with E-state index in [1.807, 2.05) is 6.07 Å². The maximum atomic E-state index is 3.51. The molecule has 0 saturated carbocycles. The Balaban J connectivity index is 1.13. The van der Waals surface area contributed by atoms with Gasteiger partial charge in [0.15, 0.2) is 0 Å². The summed E-state index contributed by atoms with van der Waals surface area (Å²) in [5, 5.41) is 3.51. The molecule has 7 aromatic carbocycles. The second kappa shape index (κ2) is 12.8. The zero-order chi connectivity index (χ0) is 38.1. The monoisotopic (exact) mass is 719 g/mol. The maximum Gasteiger partial charge on any atom is 0.0719 e. The van der Waals surface area contributed by atoms with E-state index in [2.05, 4.69) is 221 Å². The van der Waals surface area contributed by atoms with E-state index in [0.29, 0.717) is 0 Å². The molecule has 56 heavy (non-hydrogen) atoms. The molecule has 0 saturated heterocycles. The molecule has 7 aromatic rings. The molecule has 0 unspecified atom stereocenters. The molecule has 1 spiro atoms. The van der Waals surface area contributed by atoms with Gasteiger partial charge in [0, 0.05) is 22.7 Å². The van der Waals surface area contributed by atoms with Crippen molar-refractivity contribution >= 4 is 17.3 Å². The van der Waals surface area contributed by atoms with Crippen LogP contribution >= 0.6 is 0 Å². The summed E-state index contributed by atoms with van der Waals surface area (Å²) in [6.45, 7) is 9.52. The first-order valence-corrected chi connectivity index (χ1v) is 19.9. The number of benzene rings is 7. The van der Waals surface area contributed by atoms with Crippen LogP contribution in [0.15, 0.2) is 194 Å². The summed E-state index contributed by atoms with van der Waals surface area (Å²) in [4.78, 5) is 0. The van der Waals surface area contributed by atoms with Crippen LogP contribution in [0.2, 0.25) is 0 Å². The number of nitrogens with one attached hydrogen (secondary N) is 1. The number of fused-ring (bicyclic) bond motifs is 10. The Kier molecular flexibility index (Phi) is 7.80. The van der Waals surface area contributed by atoms with Crippen LogP contribution in [0.1, 0.15) is 77.8 Å². The van der Waals surface area contributed by atoms with E-state index in [1.165, 1.54) is 83.5 Å². The second-order valence-electron chi connectivity index (χ2n) is 16.6. The van der Waals surface area contributed by atoms with Gasteiger partial charge in [-0.1, -0.05) is 185 Å². The van der Waals surface area contributed by atoms with Gasteiger partial charge in [0.1, 0.15) is 0 Å². The molecule has 0 aromatic heterocycles. The Morgan fingerprint density at radius 2 is 0.911 bits per heavy atom. The number of para-hydroxylation sites is 1. The molecule has 0 bridgehead atoms. The fourth-order valence-electron chi connectivity index (χ4n) is 10.1. The van der Waals surface area contributed by atoms with Crippen molar-refractivity contribution in [2.75, 3.05) is 5.32 Å². The molecule has 0 heterocycles. The number of anilines is 1. The van der Waals surface area contributed by atoms with E-state index in [0.717, 1.165) is 5.69 Å². The fourth-order valence-corrected chi connectivity index (χ4v) is 10.1. The average molecular weight is 720 g/mol. The van der Waals surface area contributed by atoms with Crippen LogP contribution in [-0.2, 0) is 16.2 Å². The molecule has 0 radical (unpaired) electrons. The van der Waals surface area contributed by atoms with Gasteiger partial charge in [0.25, 0.3) is 0 Å². The molecule has 1 N–H and O–H groups in total. The van der Waals surface area contributed by atoms with Crippen LogP contribution in [0, 0.1) is 0 Å². The van der Waals surface area contributed by atoms with E-state index >= 15 is 0 Å². The Morgan fingerprint density at radius 3 is 1.57 bits per heavy atom. The summed E-state index contributed by atoms with van der Waals surface area (Å²) in [5.41, 5.74) is 20.1. The molecule has 0 atom stereocenters. The van der Waals surface area contributed by atoms with Crippen LogP contribution in [-0.4, -0.2) is 0 Å². The van der Waals surface area contributed by atoms with Gasteiger partial charge in [0.05, 0.1) is 5.41 Å². The van der Waals surface area contributed by atoms with Gasteiger partial charge in [-0.15, -0.1) is 0 Å². The number of hydrogen-bond acceptors (Lipinski definition) is 1. The minimum absolute atomic E-state index is 0.123. The van der Waals surface area contributed by atoms with Crippen molar-refractivity contribution in [3.05, 3.63) is 244 Å². The Hall–Kier alpha value is -6.44. The van der Waals surface area contributed by atoms with Gasteiger partial charge in [0.2, 0.25) is 0 Å². The normalized spacial score (nSPS) is 16.4. The van der Waals surface area contributed by atoms with Crippen LogP contribution < -0.4 is 5.32 Å². The number of allylic oxidation sites excluding steroid dienone is 4. The molecule has 10 rings (SSSR count). The van der Waals surface area contributed by atoms with Crippen molar-refractivity contribution in [2.24, 2.45) is 0 Å². The van der Waals surface area contributed by atoms with Gasteiger partial charge >= 0.3 is 0 Å². The van der Waals surface area contributed by atoms with Crippen molar-refractivity contribution < 1.29 is 0 Å². The van der Waals surface area contributed by atoms with Crippen LogP contribution in [0.3, 0.4) is 0 Å². The molecule has 0 aliphatic heterocycles. The fraction of sp³-hybridized carbons (Fsp3) is 0.127. The lowest BCUT2D eigenvalue weighted by molar-refractivity contribution is 0.563. The highest BCUT2D eigenvalue weighted by Crippen LogP contribution is 2.62. The molecular weight excluding hydrogens is 675 g/mol. The van der Waals surface area contributed by atoms with Gasteiger partial charge < -0.3 is 5.32 Å². The Bertz CT molecular complexity index is 2710. The molecular formula is C55H45N. The number of hydrogen-bond donors (Lipinski definition) is 1. The lowest BCUT2D eigenvalue weighted by atomic mass is 9.55. The van der Waals surface area contributed by atoms with Gasteiger partial charge in [-0.2, -0.15) is 0 Å². The summed E-state index contributed by atoms with van der Waals surface area (Å²) in [7, 11) is 0. The third kappa shape index (κ3) is 5.00. The van der Waals surface area contributed by atoms with Crippen molar-refractivity contribution in [1.29, 1.82) is 0 Å². The topological polar surface area (TPSA) is 12.0 Å². The third-order valence-corrected chi connectivity index (χ3v) is 12.8. The third-order valence-electron chi connectivity index (χ3n) is 12.8. The zero-order valence-corrected chi connectivity index (χ0v) is 32.5. The summed E-state index contributed by atoms with van der Waals surface area (Å²) in [6, 6.07) is 62.9. The van der Waals surface area contributed by atoms with E-state index in [4.69, 9.17) is 0 Å². The van der Waals surface area contributed by atoms with E-state index in [-0.39, 0.29) is 10.8 Å². The van der Waals surface area contributed by atoms with E-state index in [1.54, 1.807) is 0 Å². The van der Waals surface area contributed by atoms with Crippen LogP contribution in [0.4, 0.5) is 5.69 Å². The molecule has 3 aliphatic rings. The molecule has 270 valence electrons. The summed E-state index contributed by atoms with van der Waals surface area (Å²) < 4.78 is 0. The minimum Gasteiger partial charge on any atom is -0.362 e. The Labute approximate surface area is 331 Å². The molecule has 3 aliphatic carbocycles. The predicted molar refractivity (Wildman–Crippen MR) is 236 cm³/mol. The standard InChI is InChI=1S/C55H45N/c1-53(2)45(33-34-56-40-19-9-6-10-20-40)42(30-27-37-17-7-5-8-18-37)43-31-28-38(35-51(43)53)39-29-32-44-41-21-11-12-22-46(41)55(52(44)36-39)49-25-15-13-23-47(49)54(3,4)48-24-14-16-26-50(48)55/h5-36,56H,1-4H3/b30-27-,34-33+. The molecule has 1 nitrogen and oxygen atoms in total. The van der Waals surface area contributed by atoms with Gasteiger partial charge in [-0.05, 0) is 114 Å². The number of rotatable bonds is 6. The highest BCUT2D eigenvalue weighted by Gasteiger charge is 2.53. The summed E-state index contributed by atoms with van der Waals surface area (Å²) >= 11 is 0. The first-order chi connectivity index (χ1) is 27.3. The minimum atomic E-state index is -0.415. The first-order valence-electron chi connectivity index (χ1n) is 19.9. The van der Waals surface area contributed by atoms with Crippen LogP contribution in [0.25, 0.3) is 33.9 Å². The van der Waals surface area contributed by atoms with Crippen LogP contribution in [0.5, 0.6) is 0 Å². The molecule has 1 heteroatoms. The summed E-state index contributed by atoms with van der Waals surface area (Å²) in [6.07, 6.45) is 8.91. The maximum absolute atomic E-state index is 3.51. The van der Waals surface area contributed by atoms with E-state index < -0.39 is 5.41 Å². The van der Waals surface area contributed by atoms with Crippen molar-refractivity contribution in [2.45, 2.75) is 43.9 Å². The highest BCUT2D eigenvalue weighted by molar-refractivity contribution is 5.93. The predicted octanol–water partition coefficient (Wildman–Crippen LogP) is 13.7. The van der Waals surface area contributed by atoms with Crippen molar-refractivity contribution in [3.63, 3.8) is 0 Å². The summed E-state index contributed by atoms with van der Waals surface area (Å²) in [5.74, 6) is 0. The van der Waals surface area contributed by atoms with Gasteiger partial charge in [-0.3, -0.25) is 0 Å². The highest BCUT2D eigenvalue weighted by atomic mass is 14.8. The average Bonchev–Trinajstić information content (AvgIpc) is 3.64. The lowest BCUT2D eigenvalue weighted by Gasteiger charge is -2.46. The smallest absolute Gasteiger partial charge is 0.0719 e. The second-order valence-corrected chi connectivity index (χ2v) is 16.6. The largest absolute Gasteiger partial charge is 0.362 e. The van der Waals surface area contributed by atoms with Crippen molar-refractivity contribution in [3.8, 4) is 22.3 Å². The SMILES string of the molecule is CC1(C)C(/C=C/Nc2ccccc2)=C(/C=C\c2ccccc2)c2ccc(-c3ccc4c(c3)C3(c5ccccc5-4)c4ccccc4C(C)(C)c4ccccc43)cc21.